The molecule has 1 amide bonds. The predicted octanol–water partition coefficient (Wildman–Crippen LogP) is 3.37. The van der Waals surface area contributed by atoms with Crippen molar-refractivity contribution in [2.45, 2.75) is 13.5 Å². The fourth-order valence-corrected chi connectivity index (χ4v) is 2.39. The highest BCUT2D eigenvalue weighted by atomic mass is 16.1. The van der Waals surface area contributed by atoms with E-state index in [1.807, 2.05) is 42.5 Å². The molecule has 0 fully saturated rings. The summed E-state index contributed by atoms with van der Waals surface area (Å²) in [5.41, 5.74) is 9.29. The molecule has 5 N–H and O–H groups in total. The third-order valence-corrected chi connectivity index (χ3v) is 3.65. The molecule has 0 aliphatic heterocycles. The second kappa shape index (κ2) is 7.98. The van der Waals surface area contributed by atoms with Gasteiger partial charge in [-0.1, -0.05) is 30.3 Å². The summed E-state index contributed by atoms with van der Waals surface area (Å²) in [5.74, 6) is 0.976. The van der Waals surface area contributed by atoms with Crippen LogP contribution in [0.25, 0.3) is 0 Å². The molecule has 3 rings (SSSR count). The number of nitrogen functional groups attached to an aromatic ring is 1. The molecule has 1 heterocycles. The summed E-state index contributed by atoms with van der Waals surface area (Å²) < 4.78 is 0. The van der Waals surface area contributed by atoms with Crippen LogP contribution in [0.3, 0.4) is 0 Å². The smallest absolute Gasteiger partial charge is 0.221 e. The van der Waals surface area contributed by atoms with E-state index >= 15 is 0 Å². The number of rotatable bonds is 6. The van der Waals surface area contributed by atoms with Gasteiger partial charge in [0, 0.05) is 24.8 Å². The summed E-state index contributed by atoms with van der Waals surface area (Å²) in [7, 11) is 0. The lowest BCUT2D eigenvalue weighted by atomic mass is 10.2. The van der Waals surface area contributed by atoms with Crippen LogP contribution in [-0.2, 0) is 11.3 Å². The fraction of sp³-hybridized carbons (Fsp3) is 0.105. The molecule has 7 nitrogen and oxygen atoms in total. The Morgan fingerprint density at radius 3 is 2.31 bits per heavy atom. The van der Waals surface area contributed by atoms with Crippen LogP contribution in [0.5, 0.6) is 0 Å². The van der Waals surface area contributed by atoms with Crippen LogP contribution in [0.4, 0.5) is 28.7 Å². The molecule has 0 radical (unpaired) electrons. The van der Waals surface area contributed by atoms with Crippen LogP contribution in [0.2, 0.25) is 0 Å². The first-order chi connectivity index (χ1) is 12.6. The summed E-state index contributed by atoms with van der Waals surface area (Å²) in [6, 6.07) is 17.3. The Labute approximate surface area is 151 Å². The topological polar surface area (TPSA) is 105 Å². The van der Waals surface area contributed by atoms with E-state index in [-0.39, 0.29) is 5.91 Å². The molecule has 2 aromatic carbocycles. The van der Waals surface area contributed by atoms with Gasteiger partial charge in [0.25, 0.3) is 0 Å². The molecule has 26 heavy (non-hydrogen) atoms. The number of carbonyl (C=O) groups is 1. The van der Waals surface area contributed by atoms with Crippen molar-refractivity contribution in [2.75, 3.05) is 21.7 Å². The quantitative estimate of drug-likeness (QED) is 0.544. The first-order valence-electron chi connectivity index (χ1n) is 8.15. The van der Waals surface area contributed by atoms with Crippen molar-refractivity contribution in [1.29, 1.82) is 0 Å². The van der Waals surface area contributed by atoms with Gasteiger partial charge in [-0.15, -0.1) is 0 Å². The highest BCUT2D eigenvalue weighted by Gasteiger charge is 2.08. The maximum absolute atomic E-state index is 11.1. The molecule has 132 valence electrons. The minimum atomic E-state index is -0.111. The van der Waals surface area contributed by atoms with Crippen LogP contribution in [0.1, 0.15) is 12.5 Å². The Hall–Kier alpha value is -3.61. The number of carbonyl (C=O) groups excluding carboxylic acids is 1. The average Bonchev–Trinajstić information content (AvgIpc) is 2.64. The first kappa shape index (κ1) is 17.2. The highest BCUT2D eigenvalue weighted by Crippen LogP contribution is 2.26. The van der Waals surface area contributed by atoms with Crippen LogP contribution >= 0.6 is 0 Å². The average molecular weight is 348 g/mol. The van der Waals surface area contributed by atoms with Crippen molar-refractivity contribution in [3.05, 3.63) is 66.5 Å². The van der Waals surface area contributed by atoms with Gasteiger partial charge in [-0.2, -0.15) is 0 Å². The van der Waals surface area contributed by atoms with Crippen LogP contribution in [-0.4, -0.2) is 15.9 Å². The predicted molar refractivity (Wildman–Crippen MR) is 104 cm³/mol. The van der Waals surface area contributed by atoms with E-state index in [0.29, 0.717) is 23.9 Å². The van der Waals surface area contributed by atoms with E-state index in [2.05, 4.69) is 25.9 Å². The maximum atomic E-state index is 11.1. The number of nitrogens with two attached hydrogens (primary N) is 1. The van der Waals surface area contributed by atoms with E-state index in [9.17, 15) is 4.79 Å². The van der Waals surface area contributed by atoms with Crippen molar-refractivity contribution in [1.82, 2.24) is 9.97 Å². The molecular formula is C19H20N6O. The monoisotopic (exact) mass is 348 g/mol. The standard InChI is InChI=1S/C19H20N6O/c1-13(26)24-15-7-9-16(10-8-15)25-19-17(20)18(22-12-23-19)21-11-14-5-3-2-4-6-14/h2-10,12H,11,20H2,1H3,(H,24,26)(H2,21,22,23,25). The molecule has 0 bridgehead atoms. The van der Waals surface area contributed by atoms with E-state index in [0.717, 1.165) is 16.9 Å². The Morgan fingerprint density at radius 2 is 1.62 bits per heavy atom. The van der Waals surface area contributed by atoms with E-state index < -0.39 is 0 Å². The number of nitrogens with zero attached hydrogens (tertiary/aromatic N) is 2. The second-order valence-corrected chi connectivity index (χ2v) is 5.71. The number of nitrogens with one attached hydrogen (secondary N) is 3. The summed E-state index contributed by atoms with van der Waals surface area (Å²) in [6.45, 7) is 2.09. The van der Waals surface area contributed by atoms with Gasteiger partial charge in [-0.25, -0.2) is 9.97 Å². The van der Waals surface area contributed by atoms with Gasteiger partial charge in [0.15, 0.2) is 11.6 Å². The second-order valence-electron chi connectivity index (χ2n) is 5.71. The van der Waals surface area contributed by atoms with Gasteiger partial charge in [0.05, 0.1) is 0 Å². The number of aromatic nitrogens is 2. The Kier molecular flexibility index (Phi) is 5.28. The van der Waals surface area contributed by atoms with Gasteiger partial charge >= 0.3 is 0 Å². The first-order valence-corrected chi connectivity index (χ1v) is 8.15. The molecule has 0 aliphatic carbocycles. The number of anilines is 5. The molecule has 0 unspecified atom stereocenters. The zero-order valence-electron chi connectivity index (χ0n) is 14.4. The normalized spacial score (nSPS) is 10.2. The van der Waals surface area contributed by atoms with Crippen LogP contribution in [0.15, 0.2) is 60.9 Å². The van der Waals surface area contributed by atoms with E-state index in [1.54, 1.807) is 12.1 Å². The van der Waals surface area contributed by atoms with Crippen molar-refractivity contribution in [3.63, 3.8) is 0 Å². The maximum Gasteiger partial charge on any atom is 0.221 e. The Morgan fingerprint density at radius 1 is 0.962 bits per heavy atom. The van der Waals surface area contributed by atoms with Crippen LogP contribution < -0.4 is 21.7 Å². The Balaban J connectivity index is 1.69. The highest BCUT2D eigenvalue weighted by molar-refractivity contribution is 5.89. The number of amides is 1. The summed E-state index contributed by atoms with van der Waals surface area (Å²) in [5, 5.41) is 9.11. The molecule has 0 atom stereocenters. The van der Waals surface area contributed by atoms with E-state index in [4.69, 9.17) is 5.73 Å². The molecule has 1 aromatic heterocycles. The number of hydrogen-bond donors (Lipinski definition) is 4. The molecule has 0 saturated heterocycles. The third kappa shape index (κ3) is 4.47. The van der Waals surface area contributed by atoms with Crippen LogP contribution in [0, 0.1) is 0 Å². The largest absolute Gasteiger partial charge is 0.393 e. The lowest BCUT2D eigenvalue weighted by Crippen LogP contribution is -2.08. The van der Waals surface area contributed by atoms with E-state index in [1.165, 1.54) is 13.3 Å². The minimum absolute atomic E-state index is 0.111. The van der Waals surface area contributed by atoms with Gasteiger partial charge in [0.2, 0.25) is 5.91 Å². The number of benzene rings is 2. The summed E-state index contributed by atoms with van der Waals surface area (Å²) >= 11 is 0. The lowest BCUT2D eigenvalue weighted by Gasteiger charge is -2.13. The molecular weight excluding hydrogens is 328 g/mol. The summed E-state index contributed by atoms with van der Waals surface area (Å²) in [6.07, 6.45) is 1.46. The van der Waals surface area contributed by atoms with Crippen molar-refractivity contribution < 1.29 is 4.79 Å². The SMILES string of the molecule is CC(=O)Nc1ccc(Nc2ncnc(NCc3ccccc3)c2N)cc1. The Bertz CT molecular complexity index is 880. The van der Waals surface area contributed by atoms with Gasteiger partial charge in [0.1, 0.15) is 12.0 Å². The zero-order chi connectivity index (χ0) is 18.4. The molecule has 0 spiro atoms. The van der Waals surface area contributed by atoms with Gasteiger partial charge in [-0.3, -0.25) is 4.79 Å². The lowest BCUT2D eigenvalue weighted by molar-refractivity contribution is -0.114. The van der Waals surface area contributed by atoms with Gasteiger partial charge in [-0.05, 0) is 29.8 Å². The van der Waals surface area contributed by atoms with Crippen molar-refractivity contribution in [3.8, 4) is 0 Å². The molecule has 0 saturated carbocycles. The zero-order valence-corrected chi connectivity index (χ0v) is 14.4. The molecule has 3 aromatic rings. The van der Waals surface area contributed by atoms with Gasteiger partial charge < -0.3 is 21.7 Å². The fourth-order valence-electron chi connectivity index (χ4n) is 2.39. The third-order valence-electron chi connectivity index (χ3n) is 3.65. The molecule has 0 aliphatic rings. The minimum Gasteiger partial charge on any atom is -0.393 e. The van der Waals surface area contributed by atoms with Crippen molar-refractivity contribution in [2.24, 2.45) is 0 Å². The van der Waals surface area contributed by atoms with Crippen molar-refractivity contribution >= 4 is 34.6 Å². The molecule has 7 heteroatoms. The number of hydrogen-bond acceptors (Lipinski definition) is 6. The summed E-state index contributed by atoms with van der Waals surface area (Å²) in [4.78, 5) is 19.5.